The van der Waals surface area contributed by atoms with Crippen LogP contribution in [-0.2, 0) is 0 Å². The summed E-state index contributed by atoms with van der Waals surface area (Å²) >= 11 is 0. The van der Waals surface area contributed by atoms with E-state index >= 15 is 0 Å². The number of para-hydroxylation sites is 2. The molecule has 0 spiro atoms. The predicted molar refractivity (Wildman–Crippen MR) is 51.4 cm³/mol. The van der Waals surface area contributed by atoms with Gasteiger partial charge in [-0.15, -0.1) is 0 Å². The molecule has 13 heavy (non-hydrogen) atoms. The molecule has 66 valence electrons. The van der Waals surface area contributed by atoms with Crippen molar-refractivity contribution in [2.45, 2.75) is 6.92 Å². The molecule has 1 aromatic carbocycles. The summed E-state index contributed by atoms with van der Waals surface area (Å²) in [6.45, 7) is 2.22. The summed E-state index contributed by atoms with van der Waals surface area (Å²) in [6.07, 6.45) is 0. The maximum atomic E-state index is 10.4. The number of ether oxygens (including phenoxy) is 1. The SMILES string of the molecule is CCOc1ccccc1[N+](=O)[O-].[NaH]. The van der Waals surface area contributed by atoms with E-state index < -0.39 is 4.92 Å². The van der Waals surface area contributed by atoms with Crippen LogP contribution in [0.4, 0.5) is 5.69 Å². The molecule has 0 fully saturated rings. The number of nitro groups is 1. The molecule has 0 radical (unpaired) electrons. The molecule has 0 aliphatic rings. The second-order valence-corrected chi connectivity index (χ2v) is 2.16. The van der Waals surface area contributed by atoms with Gasteiger partial charge in [0.15, 0.2) is 5.75 Å². The average Bonchev–Trinajstić information content (AvgIpc) is 2.05. The third-order valence-corrected chi connectivity index (χ3v) is 1.36. The number of nitrogens with zero attached hydrogens (tertiary/aromatic N) is 1. The fraction of sp³-hybridized carbons (Fsp3) is 0.250. The summed E-state index contributed by atoms with van der Waals surface area (Å²) < 4.78 is 5.06. The van der Waals surface area contributed by atoms with Gasteiger partial charge in [-0.2, -0.15) is 0 Å². The van der Waals surface area contributed by atoms with Crippen molar-refractivity contribution in [3.8, 4) is 5.75 Å². The topological polar surface area (TPSA) is 52.4 Å². The normalized spacial score (nSPS) is 8.69. The molecule has 0 bridgehead atoms. The van der Waals surface area contributed by atoms with Gasteiger partial charge in [-0.05, 0) is 13.0 Å². The van der Waals surface area contributed by atoms with Crippen LogP contribution in [0.15, 0.2) is 24.3 Å². The second kappa shape index (κ2) is 5.96. The predicted octanol–water partition coefficient (Wildman–Crippen LogP) is 1.34. The summed E-state index contributed by atoms with van der Waals surface area (Å²) in [5.74, 6) is 0.324. The molecule has 0 amide bonds. The molecule has 0 N–H and O–H groups in total. The molecule has 0 unspecified atom stereocenters. The van der Waals surface area contributed by atoms with E-state index in [9.17, 15) is 10.1 Å². The molecule has 0 heterocycles. The summed E-state index contributed by atoms with van der Waals surface area (Å²) in [5.41, 5.74) is 0.0133. The molecule has 0 aliphatic carbocycles. The number of nitro benzene ring substituents is 1. The maximum absolute atomic E-state index is 10.4. The zero-order chi connectivity index (χ0) is 8.97. The van der Waals surface area contributed by atoms with E-state index in [0.29, 0.717) is 12.4 Å². The fourth-order valence-corrected chi connectivity index (χ4v) is 0.886. The van der Waals surface area contributed by atoms with E-state index in [2.05, 4.69) is 0 Å². The van der Waals surface area contributed by atoms with Gasteiger partial charge in [0.1, 0.15) is 0 Å². The minimum atomic E-state index is -0.453. The molecule has 0 aromatic heterocycles. The van der Waals surface area contributed by atoms with Crippen LogP contribution in [0.3, 0.4) is 0 Å². The van der Waals surface area contributed by atoms with Crippen LogP contribution in [0.5, 0.6) is 5.75 Å². The first kappa shape index (κ1) is 12.4. The molecule has 0 saturated carbocycles. The van der Waals surface area contributed by atoms with Gasteiger partial charge in [0, 0.05) is 6.07 Å². The second-order valence-electron chi connectivity index (χ2n) is 2.16. The zero-order valence-electron chi connectivity index (χ0n) is 6.69. The van der Waals surface area contributed by atoms with Gasteiger partial charge in [-0.3, -0.25) is 10.1 Å². The van der Waals surface area contributed by atoms with Crippen molar-refractivity contribution in [3.05, 3.63) is 34.4 Å². The number of hydrogen-bond donors (Lipinski definition) is 0. The first-order valence-corrected chi connectivity index (χ1v) is 3.62. The van der Waals surface area contributed by atoms with Gasteiger partial charge in [0.05, 0.1) is 11.5 Å². The Bertz CT molecular complexity index is 290. The standard InChI is InChI=1S/C8H9NO3.Na.H/c1-2-12-8-6-4-3-5-7(8)9(10)11;;/h3-6H,2H2,1H3;;. The van der Waals surface area contributed by atoms with Crippen molar-refractivity contribution in [1.82, 2.24) is 0 Å². The molecule has 4 nitrogen and oxygen atoms in total. The number of rotatable bonds is 3. The third-order valence-electron chi connectivity index (χ3n) is 1.36. The van der Waals surface area contributed by atoms with Gasteiger partial charge in [0.2, 0.25) is 0 Å². The quantitative estimate of drug-likeness (QED) is 0.411. The molecule has 0 saturated heterocycles. The van der Waals surface area contributed by atoms with Crippen LogP contribution in [0.2, 0.25) is 0 Å². The zero-order valence-corrected chi connectivity index (χ0v) is 6.69. The molecular weight excluding hydrogens is 181 g/mol. The molecule has 0 aliphatic heterocycles. The van der Waals surface area contributed by atoms with E-state index in [0.717, 1.165) is 0 Å². The number of benzene rings is 1. The molecular formula is C8H10NNaO3. The molecule has 5 heteroatoms. The Balaban J connectivity index is 0.00000144. The van der Waals surface area contributed by atoms with E-state index in [-0.39, 0.29) is 35.2 Å². The fourth-order valence-electron chi connectivity index (χ4n) is 0.886. The van der Waals surface area contributed by atoms with Gasteiger partial charge < -0.3 is 4.74 Å². The van der Waals surface area contributed by atoms with Crippen molar-refractivity contribution < 1.29 is 9.66 Å². The van der Waals surface area contributed by atoms with Crippen LogP contribution in [0.1, 0.15) is 6.92 Å². The Morgan fingerprint density at radius 2 is 2.08 bits per heavy atom. The molecule has 1 rings (SSSR count). The van der Waals surface area contributed by atoms with E-state index in [1.165, 1.54) is 6.07 Å². The van der Waals surface area contributed by atoms with Crippen molar-refractivity contribution in [2.75, 3.05) is 6.61 Å². The van der Waals surface area contributed by atoms with E-state index in [1.54, 1.807) is 25.1 Å². The Morgan fingerprint density at radius 3 is 2.62 bits per heavy atom. The first-order chi connectivity index (χ1) is 5.75. The molecule has 1 aromatic rings. The van der Waals surface area contributed by atoms with Crippen molar-refractivity contribution in [2.24, 2.45) is 0 Å². The van der Waals surface area contributed by atoms with Gasteiger partial charge in [0.25, 0.3) is 0 Å². The van der Waals surface area contributed by atoms with Gasteiger partial charge >= 0.3 is 35.2 Å². The van der Waals surface area contributed by atoms with Crippen molar-refractivity contribution in [3.63, 3.8) is 0 Å². The van der Waals surface area contributed by atoms with Crippen LogP contribution in [0, 0.1) is 10.1 Å². The molecule has 0 atom stereocenters. The number of hydrogen-bond acceptors (Lipinski definition) is 3. The van der Waals surface area contributed by atoms with Crippen LogP contribution in [0.25, 0.3) is 0 Å². The Hall–Kier alpha value is -0.580. The van der Waals surface area contributed by atoms with Crippen molar-refractivity contribution >= 4 is 35.2 Å². The van der Waals surface area contributed by atoms with E-state index in [4.69, 9.17) is 4.74 Å². The van der Waals surface area contributed by atoms with E-state index in [1.807, 2.05) is 0 Å². The average molecular weight is 191 g/mol. The Kier molecular flexibility index (Phi) is 5.70. The first-order valence-electron chi connectivity index (χ1n) is 3.62. The van der Waals surface area contributed by atoms with Crippen LogP contribution < -0.4 is 4.74 Å². The minimum absolute atomic E-state index is 0. The van der Waals surface area contributed by atoms with Crippen LogP contribution >= 0.6 is 0 Å². The van der Waals surface area contributed by atoms with Crippen LogP contribution in [-0.4, -0.2) is 41.1 Å². The van der Waals surface area contributed by atoms with Gasteiger partial charge in [-0.25, -0.2) is 0 Å². The summed E-state index contributed by atoms with van der Waals surface area (Å²) in [6, 6.07) is 6.32. The Labute approximate surface area is 98.3 Å². The Morgan fingerprint density at radius 1 is 1.46 bits per heavy atom. The monoisotopic (exact) mass is 191 g/mol. The third kappa shape index (κ3) is 3.34. The summed E-state index contributed by atoms with van der Waals surface area (Å²) in [7, 11) is 0. The van der Waals surface area contributed by atoms with Gasteiger partial charge in [-0.1, -0.05) is 12.1 Å². The summed E-state index contributed by atoms with van der Waals surface area (Å²) in [4.78, 5) is 9.97. The summed E-state index contributed by atoms with van der Waals surface area (Å²) in [5, 5.41) is 10.4. The van der Waals surface area contributed by atoms with Crippen molar-refractivity contribution in [1.29, 1.82) is 0 Å².